The Morgan fingerprint density at radius 3 is 1.00 bits per heavy atom. The summed E-state index contributed by atoms with van der Waals surface area (Å²) >= 11 is 0. The maximum Gasteiger partial charge on any atom is 2.00 e. The van der Waals surface area contributed by atoms with Crippen LogP contribution in [-0.2, 0) is 22.5 Å². The van der Waals surface area contributed by atoms with Crippen LogP contribution in [0.25, 0.3) is 0 Å². The first-order valence-corrected chi connectivity index (χ1v) is 0. The molecule has 0 aliphatic heterocycles. The molecule has 0 saturated heterocycles. The maximum atomic E-state index is 0. The summed E-state index contributed by atoms with van der Waals surface area (Å²) in [5, 5.41) is 0. The standard InChI is InChI=1S/K.Mn.H2O.O/h;;1H2;/q+1;+2;;-2/p-1. The van der Waals surface area contributed by atoms with Gasteiger partial charge >= 0.3 is 68.5 Å². The molecule has 0 bridgehead atoms. The molecule has 0 aliphatic carbocycles. The van der Waals surface area contributed by atoms with Crippen molar-refractivity contribution in [2.75, 3.05) is 0 Å². The van der Waals surface area contributed by atoms with Crippen molar-refractivity contribution in [3.63, 3.8) is 0 Å². The number of rotatable bonds is 0. The van der Waals surface area contributed by atoms with Gasteiger partial charge in [-0.3, -0.25) is 0 Å². The van der Waals surface area contributed by atoms with Gasteiger partial charge in [0.05, 0.1) is 0 Å². The molecule has 1 N–H and O–H groups in total. The minimum Gasteiger partial charge on any atom is -2.00 e. The number of hydrogen-bond donors (Lipinski definition) is 0. The van der Waals surface area contributed by atoms with E-state index in [1.807, 2.05) is 0 Å². The summed E-state index contributed by atoms with van der Waals surface area (Å²) in [5.74, 6) is 0. The Balaban J connectivity index is 0. The van der Waals surface area contributed by atoms with Gasteiger partial charge in [-0.05, 0) is 0 Å². The third-order valence-electron chi connectivity index (χ3n) is 0. The van der Waals surface area contributed by atoms with Crippen LogP contribution in [-0.4, -0.2) is 5.48 Å². The van der Waals surface area contributed by atoms with E-state index in [0.29, 0.717) is 0 Å². The fourth-order valence-corrected chi connectivity index (χ4v) is 0. The minimum atomic E-state index is 0. The summed E-state index contributed by atoms with van der Waals surface area (Å²) in [6.07, 6.45) is 0. The molecule has 0 aromatic heterocycles. The smallest absolute Gasteiger partial charge is 2.00 e. The second-order valence-electron chi connectivity index (χ2n) is 0. The Morgan fingerprint density at radius 1 is 1.00 bits per heavy atom. The predicted octanol–water partition coefficient (Wildman–Crippen LogP) is -3.29. The molecule has 0 aromatic rings. The Kier molecular flexibility index (Phi) is 178. The monoisotopic (exact) mass is 127 g/mol. The molecule has 0 rings (SSSR count). The molecule has 1 radical (unpaired) electrons. The van der Waals surface area contributed by atoms with E-state index in [-0.39, 0.29) is 79.4 Å². The Hall–Kier alpha value is 2.08. The molecular weight excluding hydrogens is 126 g/mol. The summed E-state index contributed by atoms with van der Waals surface area (Å²) in [6, 6.07) is 0. The van der Waals surface area contributed by atoms with Crippen molar-refractivity contribution in [1.29, 1.82) is 0 Å². The molecular formula is HKMnO2. The van der Waals surface area contributed by atoms with Crippen LogP contribution < -0.4 is 51.4 Å². The van der Waals surface area contributed by atoms with Crippen molar-refractivity contribution in [3.05, 3.63) is 0 Å². The van der Waals surface area contributed by atoms with Crippen LogP contribution in [0.1, 0.15) is 0 Å². The third-order valence-corrected chi connectivity index (χ3v) is 0. The molecule has 0 aromatic carbocycles. The van der Waals surface area contributed by atoms with Crippen LogP contribution in [0.4, 0.5) is 0 Å². The van der Waals surface area contributed by atoms with Gasteiger partial charge in [0.2, 0.25) is 0 Å². The van der Waals surface area contributed by atoms with E-state index in [1.165, 1.54) is 0 Å². The molecule has 0 heterocycles. The third kappa shape index (κ3) is 8.95. The van der Waals surface area contributed by atoms with E-state index < -0.39 is 0 Å². The molecule has 2 nitrogen and oxygen atoms in total. The minimum absolute atomic E-state index is 0. The predicted molar refractivity (Wildman–Crippen MR) is 2.62 cm³/mol. The van der Waals surface area contributed by atoms with Gasteiger partial charge in [-0.1, -0.05) is 0 Å². The average Bonchev–Trinajstić information content (AvgIpc) is 0. The van der Waals surface area contributed by atoms with Crippen molar-refractivity contribution in [2.45, 2.75) is 0 Å². The second-order valence-corrected chi connectivity index (χ2v) is 0. The molecule has 21 valence electrons. The first kappa shape index (κ1) is 36.3. The first-order chi connectivity index (χ1) is 0. The molecule has 0 atom stereocenters. The fourth-order valence-electron chi connectivity index (χ4n) is 0. The van der Waals surface area contributed by atoms with E-state index in [4.69, 9.17) is 0 Å². The van der Waals surface area contributed by atoms with Crippen LogP contribution >= 0.6 is 0 Å². The summed E-state index contributed by atoms with van der Waals surface area (Å²) in [5.41, 5.74) is 0. The summed E-state index contributed by atoms with van der Waals surface area (Å²) < 4.78 is 0. The van der Waals surface area contributed by atoms with E-state index in [1.54, 1.807) is 0 Å². The van der Waals surface area contributed by atoms with Crippen molar-refractivity contribution in [3.8, 4) is 0 Å². The molecule has 0 aliphatic rings. The first-order valence-electron chi connectivity index (χ1n) is 0. The summed E-state index contributed by atoms with van der Waals surface area (Å²) in [4.78, 5) is 0. The molecule has 0 fully saturated rings. The van der Waals surface area contributed by atoms with Gasteiger partial charge in [-0.25, -0.2) is 0 Å². The second kappa shape index (κ2) is 19.6. The van der Waals surface area contributed by atoms with Gasteiger partial charge in [-0.15, -0.1) is 0 Å². The van der Waals surface area contributed by atoms with E-state index in [0.717, 1.165) is 0 Å². The van der Waals surface area contributed by atoms with Crippen molar-refractivity contribution < 1.29 is 79.4 Å². The molecule has 0 unspecified atom stereocenters. The van der Waals surface area contributed by atoms with Gasteiger partial charge in [0.1, 0.15) is 0 Å². The quantitative estimate of drug-likeness (QED) is 0.314. The molecule has 0 amide bonds. The summed E-state index contributed by atoms with van der Waals surface area (Å²) in [6.45, 7) is 0. The van der Waals surface area contributed by atoms with Crippen molar-refractivity contribution >= 4 is 0 Å². The van der Waals surface area contributed by atoms with Crippen LogP contribution in [0.5, 0.6) is 0 Å². The van der Waals surface area contributed by atoms with E-state index in [9.17, 15) is 0 Å². The SMILES string of the molecule is [K+].[Mn+2].[O-2].[OH-]. The van der Waals surface area contributed by atoms with Gasteiger partial charge in [0.25, 0.3) is 0 Å². The van der Waals surface area contributed by atoms with E-state index >= 15 is 0 Å². The van der Waals surface area contributed by atoms with Crippen LogP contribution in [0.3, 0.4) is 0 Å². The van der Waals surface area contributed by atoms with Gasteiger partial charge in [0, 0.05) is 0 Å². The zero-order valence-electron chi connectivity index (χ0n) is 2.23. The Morgan fingerprint density at radius 2 is 1.00 bits per heavy atom. The molecule has 4 heteroatoms. The number of hydrogen-bond acceptors (Lipinski definition) is 1. The fraction of sp³-hybridized carbons (Fsp3) is 0. The molecule has 0 spiro atoms. The maximum absolute atomic E-state index is 0. The Labute approximate surface area is 77.8 Å². The zero-order valence-corrected chi connectivity index (χ0v) is 6.54. The van der Waals surface area contributed by atoms with Crippen LogP contribution in [0.15, 0.2) is 0 Å². The normalized spacial score (nSPS) is 0. The summed E-state index contributed by atoms with van der Waals surface area (Å²) in [7, 11) is 0. The van der Waals surface area contributed by atoms with Crippen molar-refractivity contribution in [2.24, 2.45) is 0 Å². The van der Waals surface area contributed by atoms with Crippen LogP contribution in [0, 0.1) is 0 Å². The molecule has 4 heavy (non-hydrogen) atoms. The average molecular weight is 127 g/mol. The van der Waals surface area contributed by atoms with Crippen molar-refractivity contribution in [1.82, 2.24) is 0 Å². The largest absolute Gasteiger partial charge is 2.00 e. The van der Waals surface area contributed by atoms with Crippen LogP contribution in [0.2, 0.25) is 0 Å². The topological polar surface area (TPSA) is 58.5 Å². The van der Waals surface area contributed by atoms with Gasteiger partial charge in [0.15, 0.2) is 0 Å². The van der Waals surface area contributed by atoms with Gasteiger partial charge < -0.3 is 11.0 Å². The van der Waals surface area contributed by atoms with Gasteiger partial charge in [-0.2, -0.15) is 0 Å². The van der Waals surface area contributed by atoms with E-state index in [2.05, 4.69) is 0 Å². The Bertz CT molecular complexity index is 6.00. The zero-order chi connectivity index (χ0) is 0. The molecule has 0 saturated carbocycles.